The van der Waals surface area contributed by atoms with Crippen LogP contribution in [0.15, 0.2) is 0 Å². The number of hydrogen-bond acceptors (Lipinski definition) is 2. The van der Waals surface area contributed by atoms with Crippen molar-refractivity contribution in [2.75, 3.05) is 0 Å². The Morgan fingerprint density at radius 2 is 2.08 bits per heavy atom. The third-order valence-corrected chi connectivity index (χ3v) is 4.06. The topological polar surface area (TPSA) is 26.3 Å². The molecule has 0 rings (SSSR count). The molecule has 0 aliphatic carbocycles. The maximum Gasteiger partial charge on any atom is 0.296 e. The van der Waals surface area contributed by atoms with Gasteiger partial charge in [-0.1, -0.05) is 26.7 Å². The molecule has 0 bridgehead atoms. The molecule has 0 aliphatic heterocycles. The van der Waals surface area contributed by atoms with Crippen LogP contribution in [-0.4, -0.2) is 14.3 Å². The predicted octanol–water partition coefficient (Wildman–Crippen LogP) is 2.76. The third kappa shape index (κ3) is 5.35. The van der Waals surface area contributed by atoms with E-state index in [1.54, 1.807) is 6.92 Å². The second kappa shape index (κ2) is 5.35. The Kier molecular flexibility index (Phi) is 5.21. The molecule has 0 aromatic heterocycles. The van der Waals surface area contributed by atoms with Crippen molar-refractivity contribution in [2.45, 2.75) is 45.8 Å². The molecule has 0 amide bonds. The van der Waals surface area contributed by atoms with Crippen LogP contribution < -0.4 is 0 Å². The molecule has 0 unspecified atom stereocenters. The maximum absolute atomic E-state index is 10.9. The van der Waals surface area contributed by atoms with E-state index < -0.39 is 8.32 Å². The van der Waals surface area contributed by atoms with Crippen molar-refractivity contribution in [2.24, 2.45) is 0 Å². The number of carbonyl (C=O) groups excluding carboxylic acids is 1. The standard InChI is InChI=1S/C9H19O2Si/c1-5-7-8-12(3,4)11-9(10)6-2/h6H,5,7-8H2,1-4H3. The summed E-state index contributed by atoms with van der Waals surface area (Å²) >= 11 is 0. The summed E-state index contributed by atoms with van der Waals surface area (Å²) in [6.45, 7) is 8.04. The zero-order chi connectivity index (χ0) is 9.61. The monoisotopic (exact) mass is 187 g/mol. The lowest BCUT2D eigenvalue weighted by molar-refractivity contribution is -0.131. The number of hydrogen-bond donors (Lipinski definition) is 0. The van der Waals surface area contributed by atoms with Gasteiger partial charge < -0.3 is 4.43 Å². The van der Waals surface area contributed by atoms with E-state index in [-0.39, 0.29) is 5.97 Å². The van der Waals surface area contributed by atoms with Crippen LogP contribution in [0.4, 0.5) is 0 Å². The molecule has 0 spiro atoms. The van der Waals surface area contributed by atoms with Crippen LogP contribution in [0.1, 0.15) is 26.7 Å². The quantitative estimate of drug-likeness (QED) is 0.619. The van der Waals surface area contributed by atoms with E-state index in [0.717, 1.165) is 12.5 Å². The fourth-order valence-corrected chi connectivity index (χ4v) is 2.95. The number of carbonyl (C=O) groups is 1. The van der Waals surface area contributed by atoms with Crippen LogP contribution >= 0.6 is 0 Å². The van der Waals surface area contributed by atoms with Crippen LogP contribution in [0.2, 0.25) is 19.1 Å². The van der Waals surface area contributed by atoms with Crippen molar-refractivity contribution >= 4 is 14.3 Å². The second-order valence-electron chi connectivity index (χ2n) is 3.57. The largest absolute Gasteiger partial charge is 0.519 e. The highest BCUT2D eigenvalue weighted by molar-refractivity contribution is 6.72. The summed E-state index contributed by atoms with van der Waals surface area (Å²) in [7, 11) is -1.69. The highest BCUT2D eigenvalue weighted by atomic mass is 28.4. The van der Waals surface area contributed by atoms with Crippen LogP contribution in [0.25, 0.3) is 0 Å². The Morgan fingerprint density at radius 1 is 1.50 bits per heavy atom. The summed E-state index contributed by atoms with van der Waals surface area (Å²) in [6, 6.07) is 1.07. The van der Waals surface area contributed by atoms with Gasteiger partial charge in [0.25, 0.3) is 5.97 Å². The molecule has 0 heterocycles. The summed E-state index contributed by atoms with van der Waals surface area (Å²) in [6.07, 6.45) is 3.82. The zero-order valence-electron chi connectivity index (χ0n) is 8.52. The first kappa shape index (κ1) is 11.7. The zero-order valence-corrected chi connectivity index (χ0v) is 9.52. The van der Waals surface area contributed by atoms with E-state index >= 15 is 0 Å². The Hall–Kier alpha value is -0.313. The molecule has 71 valence electrons. The fourth-order valence-electron chi connectivity index (χ4n) is 0.985. The average Bonchev–Trinajstić information content (AvgIpc) is 2.00. The first-order valence-corrected chi connectivity index (χ1v) is 7.65. The molecule has 1 radical (unpaired) electrons. The van der Waals surface area contributed by atoms with E-state index in [1.165, 1.54) is 12.8 Å². The van der Waals surface area contributed by atoms with E-state index in [2.05, 4.69) is 20.0 Å². The van der Waals surface area contributed by atoms with E-state index in [0.29, 0.717) is 0 Å². The Labute approximate surface area is 76.4 Å². The summed E-state index contributed by atoms with van der Waals surface area (Å²) in [5.74, 6) is -0.164. The second-order valence-corrected chi connectivity index (χ2v) is 7.80. The molecule has 3 heteroatoms. The van der Waals surface area contributed by atoms with Gasteiger partial charge in [-0.2, -0.15) is 0 Å². The minimum Gasteiger partial charge on any atom is -0.519 e. The molecule has 0 saturated heterocycles. The van der Waals surface area contributed by atoms with Crippen molar-refractivity contribution < 1.29 is 9.22 Å². The molecule has 0 fully saturated rings. The number of unbranched alkanes of at least 4 members (excludes halogenated alkanes) is 1. The molecule has 0 saturated carbocycles. The molecule has 0 aliphatic rings. The van der Waals surface area contributed by atoms with Gasteiger partial charge in [0.05, 0.1) is 6.42 Å². The SMILES string of the molecule is C[CH]C(=O)O[Si](C)(C)CCCC. The molecule has 12 heavy (non-hydrogen) atoms. The van der Waals surface area contributed by atoms with E-state index in [9.17, 15) is 4.79 Å². The summed E-state index contributed by atoms with van der Waals surface area (Å²) in [5.41, 5.74) is 0. The first-order valence-electron chi connectivity index (χ1n) is 4.54. The lowest BCUT2D eigenvalue weighted by Crippen LogP contribution is -2.32. The van der Waals surface area contributed by atoms with Gasteiger partial charge in [0, 0.05) is 0 Å². The van der Waals surface area contributed by atoms with Crippen molar-refractivity contribution in [3.05, 3.63) is 6.42 Å². The van der Waals surface area contributed by atoms with Gasteiger partial charge in [-0.25, -0.2) is 0 Å². The Bertz CT molecular complexity index is 143. The van der Waals surface area contributed by atoms with Crippen molar-refractivity contribution in [3.63, 3.8) is 0 Å². The van der Waals surface area contributed by atoms with Gasteiger partial charge in [-0.15, -0.1) is 0 Å². The van der Waals surface area contributed by atoms with Gasteiger partial charge in [0.15, 0.2) is 0 Å². The smallest absolute Gasteiger partial charge is 0.296 e. The minimum atomic E-state index is -1.69. The summed E-state index contributed by atoms with van der Waals surface area (Å²) in [5, 5.41) is 0. The highest BCUT2D eigenvalue weighted by Gasteiger charge is 2.25. The van der Waals surface area contributed by atoms with E-state index in [1.807, 2.05) is 0 Å². The lowest BCUT2D eigenvalue weighted by atomic mass is 10.4. The molecular formula is C9H19O2Si. The van der Waals surface area contributed by atoms with Crippen LogP contribution in [0, 0.1) is 6.42 Å². The lowest BCUT2D eigenvalue weighted by Gasteiger charge is -2.21. The molecule has 0 atom stereocenters. The highest BCUT2D eigenvalue weighted by Crippen LogP contribution is 2.15. The first-order chi connectivity index (χ1) is 5.52. The number of rotatable bonds is 5. The van der Waals surface area contributed by atoms with Gasteiger partial charge in [0.2, 0.25) is 8.32 Å². The fraction of sp³-hybridized carbons (Fsp3) is 0.778. The summed E-state index contributed by atoms with van der Waals surface area (Å²) in [4.78, 5) is 10.9. The maximum atomic E-state index is 10.9. The van der Waals surface area contributed by atoms with Crippen LogP contribution in [0.3, 0.4) is 0 Å². The van der Waals surface area contributed by atoms with Gasteiger partial charge in [0.1, 0.15) is 0 Å². The van der Waals surface area contributed by atoms with Crippen molar-refractivity contribution in [3.8, 4) is 0 Å². The minimum absolute atomic E-state index is 0.164. The van der Waals surface area contributed by atoms with Crippen LogP contribution in [0.5, 0.6) is 0 Å². The van der Waals surface area contributed by atoms with Crippen molar-refractivity contribution in [1.82, 2.24) is 0 Å². The van der Waals surface area contributed by atoms with Gasteiger partial charge in [-0.3, -0.25) is 4.79 Å². The molecule has 0 aromatic carbocycles. The Morgan fingerprint density at radius 3 is 2.50 bits per heavy atom. The average molecular weight is 187 g/mol. The summed E-state index contributed by atoms with van der Waals surface area (Å²) < 4.78 is 5.33. The normalized spacial score (nSPS) is 11.3. The predicted molar refractivity (Wildman–Crippen MR) is 53.3 cm³/mol. The van der Waals surface area contributed by atoms with E-state index in [4.69, 9.17) is 4.43 Å². The molecule has 0 N–H and O–H groups in total. The molecule has 2 nitrogen and oxygen atoms in total. The van der Waals surface area contributed by atoms with Crippen molar-refractivity contribution in [1.29, 1.82) is 0 Å². The van der Waals surface area contributed by atoms with Gasteiger partial charge >= 0.3 is 0 Å². The van der Waals surface area contributed by atoms with Crippen LogP contribution in [-0.2, 0) is 9.22 Å². The molecule has 0 aromatic rings. The molecular weight excluding hydrogens is 168 g/mol. The third-order valence-electron chi connectivity index (χ3n) is 1.74. The van der Waals surface area contributed by atoms with Gasteiger partial charge in [-0.05, 0) is 19.1 Å². The Balaban J connectivity index is 3.77.